The SMILES string of the molecule is CCNC(=O)c1cc(NC(C)CSC)ccn1. The number of rotatable bonds is 6. The van der Waals surface area contributed by atoms with E-state index in [2.05, 4.69) is 28.8 Å². The number of carbonyl (C=O) groups is 1. The van der Waals surface area contributed by atoms with Crippen LogP contribution in [0.5, 0.6) is 0 Å². The van der Waals surface area contributed by atoms with E-state index >= 15 is 0 Å². The summed E-state index contributed by atoms with van der Waals surface area (Å²) in [7, 11) is 0. The zero-order chi connectivity index (χ0) is 12.7. The fourth-order valence-corrected chi connectivity index (χ4v) is 2.06. The lowest BCUT2D eigenvalue weighted by atomic mass is 10.2. The van der Waals surface area contributed by atoms with Crippen molar-refractivity contribution in [2.45, 2.75) is 19.9 Å². The average molecular weight is 253 g/mol. The Balaban J connectivity index is 2.68. The number of hydrogen-bond acceptors (Lipinski definition) is 4. The number of pyridine rings is 1. The highest BCUT2D eigenvalue weighted by Crippen LogP contribution is 2.11. The van der Waals surface area contributed by atoms with Crippen LogP contribution in [0.4, 0.5) is 5.69 Å². The molecule has 1 atom stereocenters. The number of anilines is 1. The van der Waals surface area contributed by atoms with Gasteiger partial charge in [0.15, 0.2) is 0 Å². The second kappa shape index (κ2) is 7.17. The van der Waals surface area contributed by atoms with Gasteiger partial charge in [-0.2, -0.15) is 11.8 Å². The Labute approximate surface area is 107 Å². The third-order valence-electron chi connectivity index (χ3n) is 2.16. The smallest absolute Gasteiger partial charge is 0.269 e. The molecule has 1 aromatic heterocycles. The van der Waals surface area contributed by atoms with Gasteiger partial charge in [-0.15, -0.1) is 0 Å². The highest BCUT2D eigenvalue weighted by atomic mass is 32.2. The highest BCUT2D eigenvalue weighted by molar-refractivity contribution is 7.98. The van der Waals surface area contributed by atoms with Gasteiger partial charge in [-0.05, 0) is 32.2 Å². The Morgan fingerprint density at radius 2 is 2.35 bits per heavy atom. The first-order valence-corrected chi connectivity index (χ1v) is 7.06. The Morgan fingerprint density at radius 1 is 1.59 bits per heavy atom. The molecule has 1 heterocycles. The van der Waals surface area contributed by atoms with Crippen molar-refractivity contribution in [3.05, 3.63) is 24.0 Å². The van der Waals surface area contributed by atoms with Crippen molar-refractivity contribution in [2.75, 3.05) is 23.9 Å². The van der Waals surface area contributed by atoms with Crippen molar-refractivity contribution in [3.8, 4) is 0 Å². The van der Waals surface area contributed by atoms with Crippen LogP contribution in [0.25, 0.3) is 0 Å². The summed E-state index contributed by atoms with van der Waals surface area (Å²) < 4.78 is 0. The van der Waals surface area contributed by atoms with Gasteiger partial charge in [0.25, 0.3) is 5.91 Å². The summed E-state index contributed by atoms with van der Waals surface area (Å²) in [6, 6.07) is 4.02. The van der Waals surface area contributed by atoms with Gasteiger partial charge in [0.1, 0.15) is 5.69 Å². The molecule has 0 aliphatic rings. The van der Waals surface area contributed by atoms with Gasteiger partial charge in [0.2, 0.25) is 0 Å². The predicted molar refractivity (Wildman–Crippen MR) is 73.7 cm³/mol. The fraction of sp³-hybridized carbons (Fsp3) is 0.500. The highest BCUT2D eigenvalue weighted by Gasteiger charge is 2.07. The quantitative estimate of drug-likeness (QED) is 0.814. The molecule has 0 fully saturated rings. The van der Waals surface area contributed by atoms with Crippen LogP contribution < -0.4 is 10.6 Å². The van der Waals surface area contributed by atoms with Gasteiger partial charge in [0, 0.05) is 30.2 Å². The number of nitrogens with zero attached hydrogens (tertiary/aromatic N) is 1. The van der Waals surface area contributed by atoms with E-state index in [4.69, 9.17) is 0 Å². The molecule has 0 saturated heterocycles. The number of carbonyl (C=O) groups excluding carboxylic acids is 1. The van der Waals surface area contributed by atoms with Crippen molar-refractivity contribution in [1.29, 1.82) is 0 Å². The molecule has 0 aromatic carbocycles. The van der Waals surface area contributed by atoms with Crippen LogP contribution in [0.1, 0.15) is 24.3 Å². The number of nitrogens with one attached hydrogen (secondary N) is 2. The molecule has 1 unspecified atom stereocenters. The molecule has 1 aromatic rings. The van der Waals surface area contributed by atoms with Crippen LogP contribution in [0, 0.1) is 0 Å². The van der Waals surface area contributed by atoms with Crippen LogP contribution in [-0.2, 0) is 0 Å². The zero-order valence-electron chi connectivity index (χ0n) is 10.5. The molecule has 17 heavy (non-hydrogen) atoms. The summed E-state index contributed by atoms with van der Waals surface area (Å²) in [5.41, 5.74) is 1.39. The van der Waals surface area contributed by atoms with E-state index in [1.54, 1.807) is 24.0 Å². The van der Waals surface area contributed by atoms with E-state index in [9.17, 15) is 4.79 Å². The molecular formula is C12H19N3OS. The molecule has 2 N–H and O–H groups in total. The molecular weight excluding hydrogens is 234 g/mol. The monoisotopic (exact) mass is 253 g/mol. The largest absolute Gasteiger partial charge is 0.382 e. The first kappa shape index (κ1) is 13.8. The molecule has 0 saturated carbocycles. The molecule has 94 valence electrons. The Morgan fingerprint density at radius 3 is 3.00 bits per heavy atom. The molecule has 0 aliphatic carbocycles. The summed E-state index contributed by atoms with van der Waals surface area (Å²) in [5.74, 6) is 0.896. The molecule has 0 bridgehead atoms. The van der Waals surface area contributed by atoms with Gasteiger partial charge in [-0.25, -0.2) is 0 Å². The maximum absolute atomic E-state index is 11.6. The second-order valence-electron chi connectivity index (χ2n) is 3.79. The molecule has 1 rings (SSSR count). The third kappa shape index (κ3) is 4.65. The van der Waals surface area contributed by atoms with Crippen molar-refractivity contribution in [1.82, 2.24) is 10.3 Å². The molecule has 0 spiro atoms. The standard InChI is InChI=1S/C12H19N3OS/c1-4-13-12(16)11-7-10(5-6-14-11)15-9(2)8-17-3/h5-7,9H,4,8H2,1-3H3,(H,13,16)(H,14,15). The Kier molecular flexibility index (Phi) is 5.83. The summed E-state index contributed by atoms with van der Waals surface area (Å²) in [5, 5.41) is 6.07. The van der Waals surface area contributed by atoms with E-state index in [-0.39, 0.29) is 5.91 Å². The van der Waals surface area contributed by atoms with Gasteiger partial charge < -0.3 is 10.6 Å². The molecule has 0 aliphatic heterocycles. The maximum atomic E-state index is 11.6. The lowest BCUT2D eigenvalue weighted by Gasteiger charge is -2.14. The van der Waals surface area contributed by atoms with Crippen molar-refractivity contribution in [3.63, 3.8) is 0 Å². The topological polar surface area (TPSA) is 54.0 Å². The van der Waals surface area contributed by atoms with E-state index in [0.717, 1.165) is 11.4 Å². The first-order valence-electron chi connectivity index (χ1n) is 5.67. The fourth-order valence-electron chi connectivity index (χ4n) is 1.47. The number of thioether (sulfide) groups is 1. The van der Waals surface area contributed by atoms with E-state index in [0.29, 0.717) is 18.3 Å². The normalized spacial score (nSPS) is 11.9. The van der Waals surface area contributed by atoms with Gasteiger partial charge in [-0.3, -0.25) is 9.78 Å². The second-order valence-corrected chi connectivity index (χ2v) is 4.70. The molecule has 5 heteroatoms. The van der Waals surface area contributed by atoms with E-state index in [1.807, 2.05) is 13.0 Å². The van der Waals surface area contributed by atoms with Crippen LogP contribution in [0.15, 0.2) is 18.3 Å². The van der Waals surface area contributed by atoms with Crippen LogP contribution in [0.2, 0.25) is 0 Å². The summed E-state index contributed by atoms with van der Waals surface area (Å²) in [6.07, 6.45) is 3.73. The third-order valence-corrected chi connectivity index (χ3v) is 2.99. The first-order chi connectivity index (χ1) is 8.17. The minimum Gasteiger partial charge on any atom is -0.382 e. The Bertz CT molecular complexity index is 371. The van der Waals surface area contributed by atoms with Crippen molar-refractivity contribution < 1.29 is 4.79 Å². The maximum Gasteiger partial charge on any atom is 0.269 e. The van der Waals surface area contributed by atoms with Crippen LogP contribution >= 0.6 is 11.8 Å². The van der Waals surface area contributed by atoms with Crippen LogP contribution in [-0.4, -0.2) is 35.5 Å². The van der Waals surface area contributed by atoms with Crippen molar-refractivity contribution in [2.24, 2.45) is 0 Å². The predicted octanol–water partition coefficient (Wildman–Crippen LogP) is 1.99. The number of hydrogen-bond donors (Lipinski definition) is 2. The molecule has 1 amide bonds. The van der Waals surface area contributed by atoms with Crippen LogP contribution in [0.3, 0.4) is 0 Å². The summed E-state index contributed by atoms with van der Waals surface area (Å²) in [6.45, 7) is 4.62. The summed E-state index contributed by atoms with van der Waals surface area (Å²) >= 11 is 1.79. The summed E-state index contributed by atoms with van der Waals surface area (Å²) in [4.78, 5) is 15.7. The minimum atomic E-state index is -0.131. The lowest BCUT2D eigenvalue weighted by Crippen LogP contribution is -2.24. The number of amides is 1. The zero-order valence-corrected chi connectivity index (χ0v) is 11.3. The Hall–Kier alpha value is -1.23. The molecule has 4 nitrogen and oxygen atoms in total. The van der Waals surface area contributed by atoms with Gasteiger partial charge in [0.05, 0.1) is 0 Å². The van der Waals surface area contributed by atoms with Gasteiger partial charge in [-0.1, -0.05) is 0 Å². The van der Waals surface area contributed by atoms with E-state index < -0.39 is 0 Å². The van der Waals surface area contributed by atoms with Crippen molar-refractivity contribution >= 4 is 23.4 Å². The average Bonchev–Trinajstić information content (AvgIpc) is 2.30. The van der Waals surface area contributed by atoms with Gasteiger partial charge >= 0.3 is 0 Å². The molecule has 0 radical (unpaired) electrons. The minimum absolute atomic E-state index is 0.131. The van der Waals surface area contributed by atoms with E-state index in [1.165, 1.54) is 0 Å². The number of aromatic nitrogens is 1. The lowest BCUT2D eigenvalue weighted by molar-refractivity contribution is 0.0951.